The number of nitrogens with one attached hydrogen (secondary N) is 1. The van der Waals surface area contributed by atoms with Crippen LogP contribution in [0.25, 0.3) is 0 Å². The number of carbonyl (C=O) groups excluding carboxylic acids is 1. The highest BCUT2D eigenvalue weighted by Gasteiger charge is 2.34. The third-order valence-corrected chi connectivity index (χ3v) is 2.79. The van der Waals surface area contributed by atoms with Gasteiger partial charge in [-0.3, -0.25) is 4.79 Å². The molecule has 0 bridgehead atoms. The van der Waals surface area contributed by atoms with E-state index in [2.05, 4.69) is 15.1 Å². The molecule has 1 N–H and O–H groups in total. The molecule has 0 fully saturated rings. The highest BCUT2D eigenvalue weighted by Crippen LogP contribution is 2.08. The van der Waals surface area contributed by atoms with E-state index in [0.29, 0.717) is 13.2 Å². The summed E-state index contributed by atoms with van der Waals surface area (Å²) in [5.74, 6) is -0.195. The summed E-state index contributed by atoms with van der Waals surface area (Å²) in [4.78, 5) is 16.1. The van der Waals surface area contributed by atoms with Crippen LogP contribution in [0.1, 0.15) is 13.8 Å². The first-order chi connectivity index (χ1) is 7.85. The Morgan fingerprint density at radius 2 is 1.88 bits per heavy atom. The number of hydrogen-bond acceptors (Lipinski definition) is 5. The Labute approximate surface area is 105 Å². The first-order valence-corrected chi connectivity index (χ1v) is 6.05. The Balaban J connectivity index is 4.31. The van der Waals surface area contributed by atoms with Gasteiger partial charge in [-0.05, 0) is 42.0 Å². The molecule has 0 saturated heterocycles. The van der Waals surface area contributed by atoms with Crippen molar-refractivity contribution in [2.24, 2.45) is 0 Å². The normalized spacial score (nSPS) is 15.1. The molecule has 0 spiro atoms. The third kappa shape index (κ3) is 6.00. The molecule has 1 atom stereocenters. The summed E-state index contributed by atoms with van der Waals surface area (Å²) >= 11 is 0. The highest BCUT2D eigenvalue weighted by molar-refractivity contribution is 5.80. The molecule has 0 rings (SSSR count). The molecule has 0 aromatic rings. The van der Waals surface area contributed by atoms with Crippen molar-refractivity contribution in [1.29, 1.82) is 0 Å². The van der Waals surface area contributed by atoms with Gasteiger partial charge in [0.15, 0.2) is 0 Å². The van der Waals surface area contributed by atoms with Crippen molar-refractivity contribution in [3.63, 3.8) is 0 Å². The summed E-state index contributed by atoms with van der Waals surface area (Å²) in [6, 6.07) is 0. The van der Waals surface area contributed by atoms with Crippen LogP contribution in [0.2, 0.25) is 0 Å². The summed E-state index contributed by atoms with van der Waals surface area (Å²) in [5.41, 5.74) is -0.642. The van der Waals surface area contributed by atoms with E-state index in [-0.39, 0.29) is 5.97 Å². The van der Waals surface area contributed by atoms with E-state index in [0.717, 1.165) is 13.1 Å². The second kappa shape index (κ2) is 7.63. The van der Waals surface area contributed by atoms with E-state index >= 15 is 0 Å². The number of likely N-dealkylation sites (N-methyl/N-ethyl adjacent to an activating group) is 3. The minimum absolute atomic E-state index is 0.195. The van der Waals surface area contributed by atoms with Crippen molar-refractivity contribution in [2.45, 2.75) is 19.4 Å². The zero-order valence-electron chi connectivity index (χ0n) is 12.0. The second-order valence-electron chi connectivity index (χ2n) is 4.84. The minimum Gasteiger partial charge on any atom is -0.465 e. The number of hydrogen-bond donors (Lipinski definition) is 1. The van der Waals surface area contributed by atoms with Gasteiger partial charge in [-0.2, -0.15) is 0 Å². The van der Waals surface area contributed by atoms with Gasteiger partial charge in [0.05, 0.1) is 6.61 Å². The van der Waals surface area contributed by atoms with Gasteiger partial charge in [-0.1, -0.05) is 0 Å². The smallest absolute Gasteiger partial charge is 0.327 e. The molecule has 0 aliphatic heterocycles. The maximum atomic E-state index is 11.8. The zero-order chi connectivity index (χ0) is 13.5. The average Bonchev–Trinajstić information content (AvgIpc) is 2.26. The lowest BCUT2D eigenvalue weighted by molar-refractivity contribution is -0.151. The van der Waals surface area contributed by atoms with Gasteiger partial charge in [0, 0.05) is 19.6 Å². The van der Waals surface area contributed by atoms with Crippen molar-refractivity contribution < 1.29 is 9.53 Å². The van der Waals surface area contributed by atoms with Gasteiger partial charge >= 0.3 is 5.97 Å². The number of rotatable bonds is 8. The molecule has 0 aromatic heterocycles. The summed E-state index contributed by atoms with van der Waals surface area (Å²) in [6.45, 7) is 6.64. The average molecular weight is 245 g/mol. The molecule has 17 heavy (non-hydrogen) atoms. The fourth-order valence-electron chi connectivity index (χ4n) is 1.53. The fraction of sp³-hybridized carbons (Fsp3) is 0.917. The van der Waals surface area contributed by atoms with Gasteiger partial charge < -0.3 is 19.9 Å². The number of carbonyl (C=O) groups is 1. The number of esters is 1. The van der Waals surface area contributed by atoms with Crippen LogP contribution in [-0.4, -0.2) is 75.7 Å². The molecule has 102 valence electrons. The van der Waals surface area contributed by atoms with Crippen LogP contribution in [-0.2, 0) is 9.53 Å². The fourth-order valence-corrected chi connectivity index (χ4v) is 1.53. The van der Waals surface area contributed by atoms with Gasteiger partial charge in [-0.25, -0.2) is 0 Å². The van der Waals surface area contributed by atoms with E-state index in [4.69, 9.17) is 4.74 Å². The first kappa shape index (κ1) is 16.4. The molecular weight excluding hydrogens is 218 g/mol. The highest BCUT2D eigenvalue weighted by atomic mass is 16.5. The van der Waals surface area contributed by atoms with E-state index in [1.54, 1.807) is 7.05 Å². The van der Waals surface area contributed by atoms with Crippen LogP contribution < -0.4 is 5.32 Å². The Morgan fingerprint density at radius 3 is 2.29 bits per heavy atom. The van der Waals surface area contributed by atoms with E-state index in [9.17, 15) is 4.79 Å². The lowest BCUT2D eigenvalue weighted by Crippen LogP contribution is -2.56. The van der Waals surface area contributed by atoms with E-state index in [1.807, 2.05) is 35.0 Å². The number of ether oxygens (including phenoxy) is 1. The van der Waals surface area contributed by atoms with Crippen molar-refractivity contribution >= 4 is 5.97 Å². The molecule has 0 radical (unpaired) electrons. The Morgan fingerprint density at radius 1 is 1.29 bits per heavy atom. The van der Waals surface area contributed by atoms with Crippen molar-refractivity contribution in [3.8, 4) is 0 Å². The minimum atomic E-state index is -0.642. The largest absolute Gasteiger partial charge is 0.465 e. The molecule has 5 heteroatoms. The van der Waals surface area contributed by atoms with Crippen molar-refractivity contribution in [1.82, 2.24) is 15.1 Å². The quantitative estimate of drug-likeness (QED) is 0.611. The molecule has 0 amide bonds. The first-order valence-electron chi connectivity index (χ1n) is 6.05. The molecule has 0 heterocycles. The summed E-state index contributed by atoms with van der Waals surface area (Å²) in [5, 5.41) is 3.05. The van der Waals surface area contributed by atoms with Gasteiger partial charge in [0.1, 0.15) is 5.54 Å². The number of nitrogens with zero attached hydrogens (tertiary/aromatic N) is 2. The van der Waals surface area contributed by atoms with Crippen LogP contribution in [0, 0.1) is 0 Å². The van der Waals surface area contributed by atoms with Gasteiger partial charge in [0.2, 0.25) is 0 Å². The molecule has 1 unspecified atom stereocenters. The Kier molecular flexibility index (Phi) is 7.34. The van der Waals surface area contributed by atoms with Gasteiger partial charge in [-0.15, -0.1) is 0 Å². The predicted octanol–water partition coefficient (Wildman–Crippen LogP) is 0.0210. The lowest BCUT2D eigenvalue weighted by atomic mass is 10.0. The maximum Gasteiger partial charge on any atom is 0.327 e. The third-order valence-electron chi connectivity index (χ3n) is 2.79. The molecule has 0 saturated carbocycles. The SMILES string of the molecule is CCOC(=O)C(C)(CN(C)CCN(C)C)NC. The summed E-state index contributed by atoms with van der Waals surface area (Å²) in [7, 11) is 7.88. The molecular formula is C12H27N3O2. The molecule has 0 aliphatic carbocycles. The van der Waals surface area contributed by atoms with Crippen LogP contribution in [0.3, 0.4) is 0 Å². The monoisotopic (exact) mass is 245 g/mol. The Hall–Kier alpha value is -0.650. The van der Waals surface area contributed by atoms with Crippen molar-refractivity contribution in [2.75, 3.05) is 54.4 Å². The molecule has 0 aliphatic rings. The van der Waals surface area contributed by atoms with Crippen molar-refractivity contribution in [3.05, 3.63) is 0 Å². The summed E-state index contributed by atoms with van der Waals surface area (Å²) in [6.07, 6.45) is 0. The Bertz CT molecular complexity index is 234. The molecule has 0 aromatic carbocycles. The topological polar surface area (TPSA) is 44.8 Å². The van der Waals surface area contributed by atoms with Crippen LogP contribution in [0.4, 0.5) is 0 Å². The second-order valence-corrected chi connectivity index (χ2v) is 4.84. The lowest BCUT2D eigenvalue weighted by Gasteiger charge is -2.31. The van der Waals surface area contributed by atoms with Crippen LogP contribution in [0.5, 0.6) is 0 Å². The maximum absolute atomic E-state index is 11.8. The van der Waals surface area contributed by atoms with E-state index < -0.39 is 5.54 Å². The predicted molar refractivity (Wildman–Crippen MR) is 70.1 cm³/mol. The van der Waals surface area contributed by atoms with E-state index in [1.165, 1.54) is 0 Å². The van der Waals surface area contributed by atoms with Crippen LogP contribution in [0.15, 0.2) is 0 Å². The standard InChI is InChI=1S/C12H27N3O2/c1-7-17-11(16)12(2,13-3)10-15(6)9-8-14(4)5/h13H,7-10H2,1-6H3. The zero-order valence-corrected chi connectivity index (χ0v) is 12.0. The summed E-state index contributed by atoms with van der Waals surface area (Å²) < 4.78 is 5.09. The van der Waals surface area contributed by atoms with Crippen LogP contribution >= 0.6 is 0 Å². The molecule has 5 nitrogen and oxygen atoms in total. The van der Waals surface area contributed by atoms with Gasteiger partial charge in [0.25, 0.3) is 0 Å².